The first-order chi connectivity index (χ1) is 16.4. The lowest BCUT2D eigenvalue weighted by Gasteiger charge is -2.22. The molecule has 2 aliphatic rings. The maximum Gasteiger partial charge on any atom is 0.413 e. The van der Waals surface area contributed by atoms with Crippen molar-refractivity contribution >= 4 is 34.4 Å². The summed E-state index contributed by atoms with van der Waals surface area (Å²) in [6.07, 6.45) is -0.229. The van der Waals surface area contributed by atoms with Crippen molar-refractivity contribution in [2.75, 3.05) is 18.5 Å². The first-order valence-corrected chi connectivity index (χ1v) is 11.9. The Morgan fingerprint density at radius 3 is 2.38 bits per heavy atom. The minimum absolute atomic E-state index is 0.0505. The molecule has 2 amide bonds. The number of amides is 2. The third kappa shape index (κ3) is 3.92. The normalized spacial score (nSPS) is 18.9. The lowest BCUT2D eigenvalue weighted by Crippen LogP contribution is -2.37. The molecule has 34 heavy (non-hydrogen) atoms. The van der Waals surface area contributed by atoms with Crippen LogP contribution in [0.3, 0.4) is 0 Å². The quantitative estimate of drug-likeness (QED) is 0.562. The second-order valence-electron chi connectivity index (χ2n) is 8.46. The number of thiazole rings is 1. The number of aliphatic carboxylic acids is 1. The van der Waals surface area contributed by atoms with Gasteiger partial charge in [-0.3, -0.25) is 14.9 Å². The molecule has 0 radical (unpaired) electrons. The zero-order valence-electron chi connectivity index (χ0n) is 18.4. The minimum atomic E-state index is -0.904. The summed E-state index contributed by atoms with van der Waals surface area (Å²) in [6.45, 7) is 2.27. The fourth-order valence-corrected chi connectivity index (χ4v) is 5.52. The van der Waals surface area contributed by atoms with Gasteiger partial charge in [-0.05, 0) is 35.6 Å². The molecule has 9 heteroatoms. The van der Waals surface area contributed by atoms with E-state index in [9.17, 15) is 19.5 Å². The smallest absolute Gasteiger partial charge is 0.413 e. The van der Waals surface area contributed by atoms with Crippen molar-refractivity contribution in [2.24, 2.45) is 5.92 Å². The zero-order chi connectivity index (χ0) is 23.8. The van der Waals surface area contributed by atoms with Gasteiger partial charge in [-0.15, -0.1) is 11.3 Å². The van der Waals surface area contributed by atoms with Crippen molar-refractivity contribution in [3.05, 3.63) is 70.7 Å². The zero-order valence-corrected chi connectivity index (χ0v) is 19.2. The predicted molar refractivity (Wildman–Crippen MR) is 127 cm³/mol. The summed E-state index contributed by atoms with van der Waals surface area (Å²) < 4.78 is 5.53. The van der Waals surface area contributed by atoms with E-state index in [0.717, 1.165) is 33.6 Å². The molecule has 1 fully saturated rings. The Bertz CT molecular complexity index is 1230. The summed E-state index contributed by atoms with van der Waals surface area (Å²) in [5.74, 6) is -1.88. The maximum atomic E-state index is 12.8. The van der Waals surface area contributed by atoms with Crippen LogP contribution in [0.5, 0.6) is 0 Å². The number of hydrogen-bond donors (Lipinski definition) is 2. The Labute approximate surface area is 200 Å². The molecule has 1 aliphatic carbocycles. The van der Waals surface area contributed by atoms with Gasteiger partial charge in [0.05, 0.1) is 5.92 Å². The number of carboxylic acid groups (broad SMARTS) is 1. The first-order valence-electron chi connectivity index (χ1n) is 11.1. The Balaban J connectivity index is 1.21. The Hall–Kier alpha value is -3.72. The number of carbonyl (C=O) groups is 3. The molecule has 2 heterocycles. The highest BCUT2D eigenvalue weighted by atomic mass is 32.1. The van der Waals surface area contributed by atoms with Crippen molar-refractivity contribution in [2.45, 2.75) is 25.3 Å². The molecule has 1 saturated heterocycles. The van der Waals surface area contributed by atoms with Crippen LogP contribution in [-0.2, 0) is 9.53 Å². The van der Waals surface area contributed by atoms with Crippen molar-refractivity contribution in [3.8, 4) is 11.1 Å². The van der Waals surface area contributed by atoms with Crippen molar-refractivity contribution < 1.29 is 24.2 Å². The number of fused-ring (bicyclic) bond motifs is 3. The van der Waals surface area contributed by atoms with Gasteiger partial charge >= 0.3 is 12.1 Å². The molecule has 0 spiro atoms. The van der Waals surface area contributed by atoms with Crippen LogP contribution >= 0.6 is 11.3 Å². The number of anilines is 1. The van der Waals surface area contributed by atoms with Crippen molar-refractivity contribution in [3.63, 3.8) is 0 Å². The van der Waals surface area contributed by atoms with E-state index in [4.69, 9.17) is 4.74 Å². The third-order valence-electron chi connectivity index (χ3n) is 6.61. The van der Waals surface area contributed by atoms with Crippen LogP contribution < -0.4 is 5.32 Å². The van der Waals surface area contributed by atoms with Crippen molar-refractivity contribution in [1.82, 2.24) is 9.88 Å². The van der Waals surface area contributed by atoms with Crippen LogP contribution in [0.25, 0.3) is 11.1 Å². The summed E-state index contributed by atoms with van der Waals surface area (Å²) in [5, 5.41) is 13.7. The predicted octanol–water partition coefficient (Wildman–Crippen LogP) is 4.44. The summed E-state index contributed by atoms with van der Waals surface area (Å²) in [7, 11) is 0. The van der Waals surface area contributed by atoms with Gasteiger partial charge in [0.25, 0.3) is 5.91 Å². The monoisotopic (exact) mass is 477 g/mol. The molecule has 3 aromatic rings. The first kappa shape index (κ1) is 22.1. The number of carbonyl (C=O) groups excluding carboxylic acids is 2. The molecular weight excluding hydrogens is 454 g/mol. The summed E-state index contributed by atoms with van der Waals surface area (Å²) in [5.41, 5.74) is 4.72. The van der Waals surface area contributed by atoms with Gasteiger partial charge in [-0.25, -0.2) is 9.78 Å². The average Bonchev–Trinajstić information content (AvgIpc) is 3.53. The van der Waals surface area contributed by atoms with E-state index >= 15 is 0 Å². The molecule has 5 rings (SSSR count). The fraction of sp³-hybridized carbons (Fsp3) is 0.280. The minimum Gasteiger partial charge on any atom is -0.481 e. The number of benzene rings is 2. The molecule has 0 saturated carbocycles. The van der Waals surface area contributed by atoms with Gasteiger partial charge in [0.1, 0.15) is 12.3 Å². The van der Waals surface area contributed by atoms with Gasteiger partial charge in [-0.1, -0.05) is 48.5 Å². The Morgan fingerprint density at radius 1 is 1.12 bits per heavy atom. The molecule has 2 aromatic carbocycles. The highest BCUT2D eigenvalue weighted by Gasteiger charge is 2.39. The van der Waals surface area contributed by atoms with Gasteiger partial charge in [0.2, 0.25) is 0 Å². The lowest BCUT2D eigenvalue weighted by atomic mass is 9.98. The number of carboxylic acids is 1. The second kappa shape index (κ2) is 8.90. The standard InChI is InChI=1S/C25H23N3O5S/c1-14-15(23(30)31)10-11-28(14)22(29)21-13-34-24(26-21)27-25(32)33-12-20-18-8-4-2-6-16(18)17-7-3-5-9-19(17)20/h2-9,13-15,20H,10-12H2,1H3,(H,30,31)(H,26,27,32). The Kier molecular flexibility index (Phi) is 5.79. The average molecular weight is 478 g/mol. The summed E-state index contributed by atoms with van der Waals surface area (Å²) in [6, 6.07) is 15.8. The number of rotatable bonds is 5. The Morgan fingerprint density at radius 2 is 1.76 bits per heavy atom. The van der Waals surface area contributed by atoms with Crippen LogP contribution in [0, 0.1) is 5.92 Å². The third-order valence-corrected chi connectivity index (χ3v) is 7.37. The van der Waals surface area contributed by atoms with E-state index in [1.54, 1.807) is 12.3 Å². The molecule has 1 aromatic heterocycles. The topological polar surface area (TPSA) is 109 Å². The number of aromatic nitrogens is 1. The van der Waals surface area contributed by atoms with E-state index in [1.165, 1.54) is 4.90 Å². The largest absolute Gasteiger partial charge is 0.481 e. The van der Waals surface area contributed by atoms with Crippen LogP contribution in [0.15, 0.2) is 53.9 Å². The highest BCUT2D eigenvalue weighted by molar-refractivity contribution is 7.14. The summed E-state index contributed by atoms with van der Waals surface area (Å²) >= 11 is 1.12. The van der Waals surface area contributed by atoms with Crippen LogP contribution in [-0.4, -0.2) is 52.2 Å². The van der Waals surface area contributed by atoms with Crippen LogP contribution in [0.4, 0.5) is 9.93 Å². The van der Waals surface area contributed by atoms with E-state index in [-0.39, 0.29) is 29.3 Å². The molecule has 2 atom stereocenters. The van der Waals surface area contributed by atoms with E-state index < -0.39 is 24.0 Å². The maximum absolute atomic E-state index is 12.8. The summed E-state index contributed by atoms with van der Waals surface area (Å²) in [4.78, 5) is 42.3. The van der Waals surface area contributed by atoms with Gasteiger partial charge in [0.15, 0.2) is 5.13 Å². The molecule has 8 nitrogen and oxygen atoms in total. The van der Waals surface area contributed by atoms with Crippen LogP contribution in [0.1, 0.15) is 40.9 Å². The van der Waals surface area contributed by atoms with Gasteiger partial charge < -0.3 is 14.7 Å². The SMILES string of the molecule is CC1C(C(=O)O)CCN1C(=O)c1csc(NC(=O)OCC2c3ccccc3-c3ccccc32)n1. The van der Waals surface area contributed by atoms with E-state index in [2.05, 4.69) is 22.4 Å². The lowest BCUT2D eigenvalue weighted by molar-refractivity contribution is -0.142. The second-order valence-corrected chi connectivity index (χ2v) is 9.32. The highest BCUT2D eigenvalue weighted by Crippen LogP contribution is 2.44. The van der Waals surface area contributed by atoms with Gasteiger partial charge in [-0.2, -0.15) is 0 Å². The van der Waals surface area contributed by atoms with Crippen LogP contribution in [0.2, 0.25) is 0 Å². The molecule has 1 aliphatic heterocycles. The van der Waals surface area contributed by atoms with E-state index in [1.807, 2.05) is 36.4 Å². The molecule has 2 N–H and O–H groups in total. The van der Waals surface area contributed by atoms with Gasteiger partial charge in [0, 0.05) is 23.9 Å². The van der Waals surface area contributed by atoms with E-state index in [0.29, 0.717) is 13.0 Å². The molecule has 0 bridgehead atoms. The fourth-order valence-electron chi connectivity index (χ4n) is 4.85. The molecule has 174 valence electrons. The number of nitrogens with one attached hydrogen (secondary N) is 1. The number of ether oxygens (including phenoxy) is 1. The number of hydrogen-bond acceptors (Lipinski definition) is 6. The molecular formula is C25H23N3O5S. The van der Waals surface area contributed by atoms with Crippen molar-refractivity contribution in [1.29, 1.82) is 0 Å². The molecule has 2 unspecified atom stereocenters. The number of nitrogens with zero attached hydrogens (tertiary/aromatic N) is 2. The number of likely N-dealkylation sites (tertiary alicyclic amines) is 1.